The zero-order valence-electron chi connectivity index (χ0n) is 14.9. The van der Waals surface area contributed by atoms with Crippen LogP contribution in [0.5, 0.6) is 0 Å². The third kappa shape index (κ3) is 2.66. The summed E-state index contributed by atoms with van der Waals surface area (Å²) in [4.78, 5) is 40.5. The zero-order chi connectivity index (χ0) is 17.6. The Bertz CT molecular complexity index is 623. The molecule has 0 aromatic rings. The summed E-state index contributed by atoms with van der Waals surface area (Å²) in [6, 6.07) is -0.329. The van der Waals surface area contributed by atoms with Crippen LogP contribution in [0, 0.1) is 17.8 Å². The summed E-state index contributed by atoms with van der Waals surface area (Å²) < 4.78 is 0. The van der Waals surface area contributed by atoms with Gasteiger partial charge in [0, 0.05) is 13.6 Å². The van der Waals surface area contributed by atoms with Crippen molar-refractivity contribution in [2.75, 3.05) is 20.1 Å². The molecule has 4 rings (SSSR count). The lowest BCUT2D eigenvalue weighted by molar-refractivity contribution is -0.137. The Kier molecular flexibility index (Phi) is 4.08. The van der Waals surface area contributed by atoms with Crippen molar-refractivity contribution >= 4 is 17.8 Å². The van der Waals surface area contributed by atoms with Crippen molar-refractivity contribution in [3.63, 3.8) is 0 Å². The van der Waals surface area contributed by atoms with Crippen LogP contribution in [-0.4, -0.2) is 53.3 Å². The molecule has 6 nitrogen and oxygen atoms in total. The SMILES string of the molecule is CN1C(=O)N(CC(=O)NC[C@H]2C[C@H]3C=C[C@H]2C3)C(=O)C12CCCCC2. The Balaban J connectivity index is 1.35. The van der Waals surface area contributed by atoms with E-state index in [1.165, 1.54) is 6.42 Å². The highest BCUT2D eigenvalue weighted by Crippen LogP contribution is 2.43. The minimum absolute atomic E-state index is 0.152. The first-order valence-corrected chi connectivity index (χ1v) is 9.56. The summed E-state index contributed by atoms with van der Waals surface area (Å²) in [7, 11) is 1.70. The number of hydrogen-bond donors (Lipinski definition) is 1. The predicted molar refractivity (Wildman–Crippen MR) is 92.5 cm³/mol. The second-order valence-corrected chi connectivity index (χ2v) is 8.17. The fourth-order valence-corrected chi connectivity index (χ4v) is 5.24. The van der Waals surface area contributed by atoms with E-state index in [1.54, 1.807) is 11.9 Å². The molecule has 25 heavy (non-hydrogen) atoms. The van der Waals surface area contributed by atoms with Crippen LogP contribution < -0.4 is 5.32 Å². The van der Waals surface area contributed by atoms with Gasteiger partial charge in [-0.3, -0.25) is 14.5 Å². The lowest BCUT2D eigenvalue weighted by Gasteiger charge is -2.35. The van der Waals surface area contributed by atoms with Gasteiger partial charge in [-0.25, -0.2) is 4.79 Å². The van der Waals surface area contributed by atoms with Gasteiger partial charge in [-0.1, -0.05) is 31.4 Å². The number of nitrogens with zero attached hydrogens (tertiary/aromatic N) is 2. The number of likely N-dealkylation sites (N-methyl/N-ethyl adjacent to an activating group) is 1. The molecule has 1 N–H and O–H groups in total. The van der Waals surface area contributed by atoms with Gasteiger partial charge in [-0.05, 0) is 43.4 Å². The van der Waals surface area contributed by atoms with Crippen LogP contribution in [0.3, 0.4) is 0 Å². The van der Waals surface area contributed by atoms with Gasteiger partial charge < -0.3 is 10.2 Å². The van der Waals surface area contributed by atoms with E-state index < -0.39 is 5.54 Å². The number of carbonyl (C=O) groups excluding carboxylic acids is 3. The molecule has 0 unspecified atom stereocenters. The second-order valence-electron chi connectivity index (χ2n) is 8.17. The van der Waals surface area contributed by atoms with Gasteiger partial charge in [0.1, 0.15) is 12.1 Å². The van der Waals surface area contributed by atoms with E-state index in [2.05, 4.69) is 17.5 Å². The first-order valence-electron chi connectivity index (χ1n) is 9.56. The van der Waals surface area contributed by atoms with E-state index in [0.717, 1.165) is 30.6 Å². The van der Waals surface area contributed by atoms with Gasteiger partial charge in [0.15, 0.2) is 0 Å². The van der Waals surface area contributed by atoms with E-state index in [9.17, 15) is 14.4 Å². The lowest BCUT2D eigenvalue weighted by atomic mass is 9.81. The average molecular weight is 345 g/mol. The number of hydrogen-bond acceptors (Lipinski definition) is 3. The topological polar surface area (TPSA) is 69.7 Å². The summed E-state index contributed by atoms with van der Waals surface area (Å²) in [5, 5.41) is 2.95. The Hall–Kier alpha value is -1.85. The Labute approximate surface area is 148 Å². The molecule has 0 radical (unpaired) electrons. The molecule has 136 valence electrons. The van der Waals surface area contributed by atoms with E-state index in [0.29, 0.717) is 37.1 Å². The number of nitrogens with one attached hydrogen (secondary N) is 1. The van der Waals surface area contributed by atoms with E-state index >= 15 is 0 Å². The average Bonchev–Trinajstić information content (AvgIpc) is 3.29. The van der Waals surface area contributed by atoms with E-state index in [1.807, 2.05) is 0 Å². The van der Waals surface area contributed by atoms with Gasteiger partial charge in [0.25, 0.3) is 5.91 Å². The van der Waals surface area contributed by atoms with Crippen LogP contribution in [0.1, 0.15) is 44.9 Å². The largest absolute Gasteiger partial charge is 0.354 e. The standard InChI is InChI=1S/C19H27N3O3/c1-21-18(25)22(17(24)19(21)7-3-2-4-8-19)12-16(23)20-11-15-10-13-5-6-14(15)9-13/h5-6,13-15H,2-4,7-12H2,1H3,(H,20,23)/t13-,14-,15+/m0/s1. The third-order valence-corrected chi connectivity index (χ3v) is 6.76. The van der Waals surface area contributed by atoms with Crippen LogP contribution >= 0.6 is 0 Å². The minimum Gasteiger partial charge on any atom is -0.354 e. The van der Waals surface area contributed by atoms with Crippen LogP contribution in [-0.2, 0) is 9.59 Å². The Morgan fingerprint density at radius 2 is 1.96 bits per heavy atom. The second kappa shape index (κ2) is 6.15. The molecule has 4 amide bonds. The molecule has 1 aliphatic heterocycles. The first-order chi connectivity index (χ1) is 12.0. The molecule has 1 spiro atoms. The van der Waals surface area contributed by atoms with Crippen molar-refractivity contribution in [2.24, 2.45) is 17.8 Å². The zero-order valence-corrected chi connectivity index (χ0v) is 14.9. The van der Waals surface area contributed by atoms with Crippen molar-refractivity contribution in [1.29, 1.82) is 0 Å². The number of urea groups is 1. The number of imide groups is 1. The van der Waals surface area contributed by atoms with Gasteiger partial charge in [-0.2, -0.15) is 0 Å². The van der Waals surface area contributed by atoms with Crippen molar-refractivity contribution in [3.05, 3.63) is 12.2 Å². The number of rotatable bonds is 4. The van der Waals surface area contributed by atoms with Gasteiger partial charge in [0.2, 0.25) is 5.91 Å². The summed E-state index contributed by atoms with van der Waals surface area (Å²) in [5.74, 6) is 1.34. The number of allylic oxidation sites excluding steroid dienone is 2. The molecule has 2 saturated carbocycles. The molecule has 4 aliphatic rings. The molecule has 0 aromatic carbocycles. The van der Waals surface area contributed by atoms with Crippen molar-refractivity contribution in [2.45, 2.75) is 50.5 Å². The molecule has 3 atom stereocenters. The van der Waals surface area contributed by atoms with Crippen molar-refractivity contribution < 1.29 is 14.4 Å². The molecule has 1 heterocycles. The summed E-state index contributed by atoms with van der Waals surface area (Å²) >= 11 is 0. The maximum absolute atomic E-state index is 12.9. The molecule has 3 fully saturated rings. The molecular formula is C19H27N3O3. The fourth-order valence-electron chi connectivity index (χ4n) is 5.24. The Morgan fingerprint density at radius 1 is 1.20 bits per heavy atom. The van der Waals surface area contributed by atoms with Crippen LogP contribution in [0.25, 0.3) is 0 Å². The molecule has 3 aliphatic carbocycles. The van der Waals surface area contributed by atoms with E-state index in [4.69, 9.17) is 0 Å². The number of carbonyl (C=O) groups is 3. The summed E-state index contributed by atoms with van der Waals surface area (Å²) in [6.07, 6.45) is 11.3. The number of fused-ring (bicyclic) bond motifs is 2. The summed E-state index contributed by atoms with van der Waals surface area (Å²) in [6.45, 7) is 0.488. The summed E-state index contributed by atoms with van der Waals surface area (Å²) in [5.41, 5.74) is -0.703. The van der Waals surface area contributed by atoms with Crippen LogP contribution in [0.4, 0.5) is 4.79 Å². The monoisotopic (exact) mass is 345 g/mol. The third-order valence-electron chi connectivity index (χ3n) is 6.76. The van der Waals surface area contributed by atoms with Gasteiger partial charge in [0.05, 0.1) is 0 Å². The quantitative estimate of drug-likeness (QED) is 0.625. The Morgan fingerprint density at radius 3 is 2.60 bits per heavy atom. The maximum Gasteiger partial charge on any atom is 0.327 e. The minimum atomic E-state index is -0.703. The lowest BCUT2D eigenvalue weighted by Crippen LogP contribution is -2.49. The molecule has 1 saturated heterocycles. The number of amides is 4. The molecular weight excluding hydrogens is 318 g/mol. The maximum atomic E-state index is 12.9. The van der Waals surface area contributed by atoms with Gasteiger partial charge >= 0.3 is 6.03 Å². The van der Waals surface area contributed by atoms with Crippen LogP contribution in [0.15, 0.2) is 12.2 Å². The van der Waals surface area contributed by atoms with Crippen LogP contribution in [0.2, 0.25) is 0 Å². The molecule has 2 bridgehead atoms. The smallest absolute Gasteiger partial charge is 0.327 e. The van der Waals surface area contributed by atoms with Crippen molar-refractivity contribution in [1.82, 2.24) is 15.1 Å². The van der Waals surface area contributed by atoms with Gasteiger partial charge in [-0.15, -0.1) is 0 Å². The van der Waals surface area contributed by atoms with E-state index in [-0.39, 0.29) is 24.4 Å². The van der Waals surface area contributed by atoms with Crippen molar-refractivity contribution in [3.8, 4) is 0 Å². The molecule has 6 heteroatoms. The highest BCUT2D eigenvalue weighted by molar-refractivity contribution is 6.08. The highest BCUT2D eigenvalue weighted by Gasteiger charge is 2.55. The first kappa shape index (κ1) is 16.6. The predicted octanol–water partition coefficient (Wildman–Crippen LogP) is 1.91. The normalized spacial score (nSPS) is 32.9. The molecule has 0 aromatic heterocycles. The highest BCUT2D eigenvalue weighted by atomic mass is 16.2. The fraction of sp³-hybridized carbons (Fsp3) is 0.737.